The first-order chi connectivity index (χ1) is 15.5. The van der Waals surface area contributed by atoms with Crippen LogP contribution in [0.3, 0.4) is 0 Å². The van der Waals surface area contributed by atoms with Gasteiger partial charge in [-0.1, -0.05) is 42.5 Å². The second-order valence-electron chi connectivity index (χ2n) is 7.15. The average Bonchev–Trinajstić information content (AvgIpc) is 3.19. The number of benzene rings is 3. The van der Waals surface area contributed by atoms with Gasteiger partial charge in [0.25, 0.3) is 5.91 Å². The molecule has 1 amide bonds. The molecule has 3 aromatic carbocycles. The Morgan fingerprint density at radius 1 is 1.06 bits per heavy atom. The van der Waals surface area contributed by atoms with E-state index >= 15 is 0 Å². The third-order valence-corrected chi connectivity index (χ3v) is 6.05. The fourth-order valence-electron chi connectivity index (χ4n) is 3.24. The van der Waals surface area contributed by atoms with Crippen LogP contribution >= 0.6 is 11.3 Å². The number of methoxy groups -OCH3 is 1. The molecule has 32 heavy (non-hydrogen) atoms. The zero-order chi connectivity index (χ0) is 22.5. The first-order valence-electron chi connectivity index (χ1n) is 9.98. The Morgan fingerprint density at radius 2 is 1.81 bits per heavy atom. The van der Waals surface area contributed by atoms with Crippen molar-refractivity contribution in [2.75, 3.05) is 23.5 Å². The summed E-state index contributed by atoms with van der Waals surface area (Å²) in [6, 6.07) is 22.3. The molecule has 162 valence electrons. The Bertz CT molecular complexity index is 1220. The van der Waals surface area contributed by atoms with Gasteiger partial charge in [-0.3, -0.25) is 4.79 Å². The molecular formula is C25H23N3O3S. The van der Waals surface area contributed by atoms with Gasteiger partial charge in [0.05, 0.1) is 23.4 Å². The molecule has 1 heterocycles. The van der Waals surface area contributed by atoms with E-state index in [1.807, 2.05) is 47.8 Å². The van der Waals surface area contributed by atoms with E-state index in [0.717, 1.165) is 21.7 Å². The smallest absolute Gasteiger partial charge is 0.255 e. The molecule has 0 saturated heterocycles. The third-order valence-electron chi connectivity index (χ3n) is 5.01. The van der Waals surface area contributed by atoms with Gasteiger partial charge in [0.1, 0.15) is 0 Å². The van der Waals surface area contributed by atoms with E-state index in [2.05, 4.69) is 10.6 Å². The number of phenols is 1. The number of rotatable bonds is 7. The van der Waals surface area contributed by atoms with Crippen LogP contribution in [0.2, 0.25) is 0 Å². The van der Waals surface area contributed by atoms with Crippen LogP contribution in [0.1, 0.15) is 15.9 Å². The number of anilines is 3. The highest BCUT2D eigenvalue weighted by molar-refractivity contribution is 7.15. The van der Waals surface area contributed by atoms with Crippen molar-refractivity contribution in [3.8, 4) is 21.9 Å². The second-order valence-corrected chi connectivity index (χ2v) is 8.03. The maximum atomic E-state index is 12.7. The van der Waals surface area contributed by atoms with Gasteiger partial charge < -0.3 is 26.2 Å². The van der Waals surface area contributed by atoms with Gasteiger partial charge in [-0.25, -0.2) is 0 Å². The van der Waals surface area contributed by atoms with E-state index in [-0.39, 0.29) is 11.7 Å². The molecule has 5 N–H and O–H groups in total. The largest absolute Gasteiger partial charge is 0.504 e. The van der Waals surface area contributed by atoms with Crippen LogP contribution in [-0.4, -0.2) is 18.1 Å². The van der Waals surface area contributed by atoms with Crippen LogP contribution < -0.4 is 21.1 Å². The third kappa shape index (κ3) is 4.68. The number of aromatic hydroxyl groups is 1. The maximum Gasteiger partial charge on any atom is 0.255 e. The van der Waals surface area contributed by atoms with Crippen molar-refractivity contribution in [2.45, 2.75) is 6.54 Å². The van der Waals surface area contributed by atoms with Crippen LogP contribution in [0.15, 0.2) is 78.2 Å². The van der Waals surface area contributed by atoms with Gasteiger partial charge in [0.2, 0.25) is 0 Å². The number of carbonyl (C=O) groups is 1. The van der Waals surface area contributed by atoms with E-state index in [4.69, 9.17) is 10.5 Å². The van der Waals surface area contributed by atoms with Crippen LogP contribution in [0.5, 0.6) is 11.5 Å². The molecule has 0 fully saturated rings. The molecule has 4 rings (SSSR count). The topological polar surface area (TPSA) is 96.6 Å². The predicted octanol–water partition coefficient (Wildman–Crippen LogP) is 5.58. The van der Waals surface area contributed by atoms with Crippen molar-refractivity contribution in [3.63, 3.8) is 0 Å². The molecule has 0 spiro atoms. The quantitative estimate of drug-likeness (QED) is 0.279. The van der Waals surface area contributed by atoms with Crippen LogP contribution in [0, 0.1) is 0 Å². The predicted molar refractivity (Wildman–Crippen MR) is 131 cm³/mol. The average molecular weight is 446 g/mol. The molecule has 0 unspecified atom stereocenters. The lowest BCUT2D eigenvalue weighted by Crippen LogP contribution is -2.12. The minimum absolute atomic E-state index is 0.0931. The van der Waals surface area contributed by atoms with E-state index in [9.17, 15) is 9.90 Å². The Hall–Kier alpha value is -3.97. The number of thiophene rings is 1. The second kappa shape index (κ2) is 9.45. The lowest BCUT2D eigenvalue weighted by molar-refractivity contribution is 0.102. The molecule has 0 bridgehead atoms. The van der Waals surface area contributed by atoms with E-state index in [0.29, 0.717) is 29.2 Å². The Balaban J connectivity index is 1.39. The minimum atomic E-state index is -0.211. The van der Waals surface area contributed by atoms with Gasteiger partial charge in [-0.05, 0) is 35.4 Å². The summed E-state index contributed by atoms with van der Waals surface area (Å²) in [5, 5.41) is 17.7. The van der Waals surface area contributed by atoms with Crippen molar-refractivity contribution in [1.82, 2.24) is 0 Å². The van der Waals surface area contributed by atoms with E-state index < -0.39 is 0 Å². The van der Waals surface area contributed by atoms with Crippen molar-refractivity contribution in [1.29, 1.82) is 0 Å². The molecule has 0 saturated carbocycles. The Labute approximate surface area is 190 Å². The molecule has 0 radical (unpaired) electrons. The molecule has 1 aromatic heterocycles. The molecule has 6 nitrogen and oxygen atoms in total. The first kappa shape index (κ1) is 21.3. The summed E-state index contributed by atoms with van der Waals surface area (Å²) in [7, 11) is 1.51. The van der Waals surface area contributed by atoms with Crippen LogP contribution in [0.4, 0.5) is 17.1 Å². The van der Waals surface area contributed by atoms with Gasteiger partial charge in [-0.2, -0.15) is 0 Å². The number of ether oxygens (including phenoxy) is 1. The molecule has 0 aliphatic heterocycles. The fourth-order valence-corrected chi connectivity index (χ4v) is 4.17. The molecular weight excluding hydrogens is 422 g/mol. The summed E-state index contributed by atoms with van der Waals surface area (Å²) in [6.07, 6.45) is 0. The van der Waals surface area contributed by atoms with Crippen molar-refractivity contribution in [2.24, 2.45) is 0 Å². The van der Waals surface area contributed by atoms with Gasteiger partial charge in [0, 0.05) is 29.2 Å². The van der Waals surface area contributed by atoms with Gasteiger partial charge >= 0.3 is 0 Å². The standard InChI is InChI=1S/C25H23N3O3S/c1-31-22-13-19(11-12-21(22)29)27-14-16-7-9-18(10-8-16)25(30)28-20-15-32-24(23(20)26)17-5-3-2-4-6-17/h2-13,15,27,29H,14,26H2,1H3,(H,28,30). The van der Waals surface area contributed by atoms with Crippen molar-refractivity contribution < 1.29 is 14.6 Å². The monoisotopic (exact) mass is 445 g/mol. The summed E-state index contributed by atoms with van der Waals surface area (Å²) >= 11 is 1.50. The van der Waals surface area contributed by atoms with Crippen molar-refractivity contribution >= 4 is 34.3 Å². The first-order valence-corrected chi connectivity index (χ1v) is 10.9. The highest BCUT2D eigenvalue weighted by atomic mass is 32.1. The summed E-state index contributed by atoms with van der Waals surface area (Å²) in [6.45, 7) is 0.563. The highest BCUT2D eigenvalue weighted by Gasteiger charge is 2.14. The van der Waals surface area contributed by atoms with Crippen molar-refractivity contribution in [3.05, 3.63) is 89.3 Å². The number of carbonyl (C=O) groups excluding carboxylic acids is 1. The highest BCUT2D eigenvalue weighted by Crippen LogP contribution is 2.38. The molecule has 4 aromatic rings. The fraction of sp³-hybridized carbons (Fsp3) is 0.0800. The maximum absolute atomic E-state index is 12.7. The number of hydrogen-bond acceptors (Lipinski definition) is 6. The zero-order valence-corrected chi connectivity index (χ0v) is 18.3. The number of amides is 1. The number of hydrogen-bond donors (Lipinski definition) is 4. The molecule has 7 heteroatoms. The lowest BCUT2D eigenvalue weighted by atomic mass is 10.1. The Morgan fingerprint density at radius 3 is 2.53 bits per heavy atom. The zero-order valence-electron chi connectivity index (χ0n) is 17.5. The number of nitrogens with two attached hydrogens (primary N) is 1. The molecule has 0 atom stereocenters. The normalized spacial score (nSPS) is 10.5. The number of nitrogen functional groups attached to an aromatic ring is 1. The summed E-state index contributed by atoms with van der Waals surface area (Å²) in [5.41, 5.74) is 10.9. The lowest BCUT2D eigenvalue weighted by Gasteiger charge is -2.10. The number of phenolic OH excluding ortho intramolecular Hbond substituents is 1. The summed E-state index contributed by atoms with van der Waals surface area (Å²) < 4.78 is 5.12. The summed E-state index contributed by atoms with van der Waals surface area (Å²) in [5.74, 6) is 0.289. The van der Waals surface area contributed by atoms with E-state index in [1.165, 1.54) is 18.4 Å². The van der Waals surface area contributed by atoms with Crippen LogP contribution in [-0.2, 0) is 6.54 Å². The van der Waals surface area contributed by atoms with E-state index in [1.54, 1.807) is 30.3 Å². The number of nitrogens with one attached hydrogen (secondary N) is 2. The van der Waals surface area contributed by atoms with Crippen LogP contribution in [0.25, 0.3) is 10.4 Å². The SMILES string of the molecule is COc1cc(NCc2ccc(C(=O)Nc3csc(-c4ccccc4)c3N)cc2)ccc1O. The molecule has 0 aliphatic carbocycles. The van der Waals surface area contributed by atoms with Gasteiger partial charge in [-0.15, -0.1) is 11.3 Å². The molecule has 0 aliphatic rings. The Kier molecular flexibility index (Phi) is 6.28. The van der Waals surface area contributed by atoms with Gasteiger partial charge in [0.15, 0.2) is 11.5 Å². The minimum Gasteiger partial charge on any atom is -0.504 e. The summed E-state index contributed by atoms with van der Waals surface area (Å²) in [4.78, 5) is 13.6.